The fourth-order valence-corrected chi connectivity index (χ4v) is 5.96. The van der Waals surface area contributed by atoms with E-state index in [1.807, 2.05) is 24.3 Å². The summed E-state index contributed by atoms with van der Waals surface area (Å²) >= 11 is 1.14. The summed E-state index contributed by atoms with van der Waals surface area (Å²) in [6.45, 7) is 0.143. The van der Waals surface area contributed by atoms with E-state index in [1.165, 1.54) is 16.4 Å². The Labute approximate surface area is 167 Å². The topological polar surface area (TPSA) is 86.7 Å². The van der Waals surface area contributed by atoms with Crippen LogP contribution in [0.3, 0.4) is 0 Å². The summed E-state index contributed by atoms with van der Waals surface area (Å²) in [5, 5.41) is 13.9. The van der Waals surface area contributed by atoms with E-state index in [0.29, 0.717) is 12.1 Å². The Kier molecular flexibility index (Phi) is 4.92. The summed E-state index contributed by atoms with van der Waals surface area (Å²) in [7, 11) is -3.80. The molecule has 3 aromatic rings. The second-order valence-corrected chi connectivity index (χ2v) is 9.57. The molecule has 0 fully saturated rings. The lowest BCUT2D eigenvalue weighted by atomic mass is 9.95. The Morgan fingerprint density at radius 1 is 1.04 bits per heavy atom. The number of aromatic hydroxyl groups is 1. The van der Waals surface area contributed by atoms with Gasteiger partial charge in [0.1, 0.15) is 16.0 Å². The van der Waals surface area contributed by atoms with E-state index in [-0.39, 0.29) is 16.5 Å². The highest BCUT2D eigenvalue weighted by Crippen LogP contribution is 2.31. The molecule has 2 N–H and O–H groups in total. The smallest absolute Gasteiger partial charge is 0.253 e. The van der Waals surface area contributed by atoms with Gasteiger partial charge in [-0.2, -0.15) is 4.31 Å². The monoisotopic (exact) mass is 414 g/mol. The largest absolute Gasteiger partial charge is 0.508 e. The van der Waals surface area contributed by atoms with E-state index in [4.69, 9.17) is 0 Å². The van der Waals surface area contributed by atoms with Gasteiger partial charge in [0.05, 0.1) is 0 Å². The summed E-state index contributed by atoms with van der Waals surface area (Å²) in [4.78, 5) is 13.0. The zero-order valence-corrected chi connectivity index (χ0v) is 16.4. The maximum Gasteiger partial charge on any atom is 0.253 e. The van der Waals surface area contributed by atoms with Gasteiger partial charge in [-0.3, -0.25) is 4.79 Å². The van der Waals surface area contributed by atoms with E-state index < -0.39 is 22.0 Å². The predicted octanol–water partition coefficient (Wildman–Crippen LogP) is 3.21. The molecule has 4 rings (SSSR count). The van der Waals surface area contributed by atoms with E-state index in [2.05, 4.69) is 5.32 Å². The number of anilines is 1. The highest BCUT2D eigenvalue weighted by Gasteiger charge is 2.40. The first-order valence-corrected chi connectivity index (χ1v) is 11.0. The number of hydrogen-bond acceptors (Lipinski definition) is 5. The minimum atomic E-state index is -3.80. The van der Waals surface area contributed by atoms with Crippen molar-refractivity contribution in [1.82, 2.24) is 4.31 Å². The van der Waals surface area contributed by atoms with Crippen molar-refractivity contribution in [3.8, 4) is 5.75 Å². The van der Waals surface area contributed by atoms with E-state index in [9.17, 15) is 18.3 Å². The first-order valence-electron chi connectivity index (χ1n) is 8.67. The highest BCUT2D eigenvalue weighted by atomic mass is 32.2. The lowest BCUT2D eigenvalue weighted by Gasteiger charge is -2.34. The lowest BCUT2D eigenvalue weighted by molar-refractivity contribution is -0.120. The first-order chi connectivity index (χ1) is 13.4. The quantitative estimate of drug-likeness (QED) is 0.642. The van der Waals surface area contributed by atoms with Gasteiger partial charge in [0.15, 0.2) is 0 Å². The summed E-state index contributed by atoms with van der Waals surface area (Å²) in [5.41, 5.74) is 2.36. The zero-order chi connectivity index (χ0) is 19.7. The Hall–Kier alpha value is -2.68. The van der Waals surface area contributed by atoms with Crippen LogP contribution in [0.1, 0.15) is 11.1 Å². The molecule has 0 spiro atoms. The van der Waals surface area contributed by atoms with Crippen molar-refractivity contribution < 1.29 is 18.3 Å². The third-order valence-electron chi connectivity index (χ3n) is 4.70. The number of thiophene rings is 1. The molecule has 0 aliphatic carbocycles. The lowest BCUT2D eigenvalue weighted by Crippen LogP contribution is -2.50. The van der Waals surface area contributed by atoms with Crippen molar-refractivity contribution in [2.45, 2.75) is 23.2 Å². The number of hydrogen-bond donors (Lipinski definition) is 2. The molecule has 1 aliphatic heterocycles. The van der Waals surface area contributed by atoms with Crippen LogP contribution in [0.15, 0.2) is 70.3 Å². The number of amides is 1. The molecular weight excluding hydrogens is 396 g/mol. The molecule has 0 unspecified atom stereocenters. The van der Waals surface area contributed by atoms with Crippen LogP contribution in [-0.2, 0) is 27.8 Å². The Morgan fingerprint density at radius 2 is 1.75 bits per heavy atom. The molecule has 0 saturated carbocycles. The molecule has 144 valence electrons. The van der Waals surface area contributed by atoms with Gasteiger partial charge in [0.25, 0.3) is 10.0 Å². The average Bonchev–Trinajstić information content (AvgIpc) is 3.24. The van der Waals surface area contributed by atoms with Crippen molar-refractivity contribution in [3.05, 3.63) is 77.2 Å². The molecule has 1 atom stereocenters. The van der Waals surface area contributed by atoms with Gasteiger partial charge in [0, 0.05) is 12.2 Å². The summed E-state index contributed by atoms with van der Waals surface area (Å²) in [6, 6.07) is 16.0. The van der Waals surface area contributed by atoms with Crippen molar-refractivity contribution in [2.75, 3.05) is 5.32 Å². The minimum Gasteiger partial charge on any atom is -0.508 e. The van der Waals surface area contributed by atoms with Gasteiger partial charge >= 0.3 is 0 Å². The molecule has 1 aliphatic rings. The van der Waals surface area contributed by atoms with Gasteiger partial charge in [-0.15, -0.1) is 11.3 Å². The Morgan fingerprint density at radius 3 is 2.43 bits per heavy atom. The fraction of sp³-hybridized carbons (Fsp3) is 0.150. The predicted molar refractivity (Wildman–Crippen MR) is 108 cm³/mol. The second kappa shape index (κ2) is 7.38. The Bertz CT molecular complexity index is 1090. The molecule has 1 aromatic heterocycles. The number of sulfonamides is 1. The van der Waals surface area contributed by atoms with E-state index >= 15 is 0 Å². The molecule has 2 aromatic carbocycles. The number of phenols is 1. The van der Waals surface area contributed by atoms with Crippen molar-refractivity contribution in [2.24, 2.45) is 0 Å². The van der Waals surface area contributed by atoms with Crippen LogP contribution in [0.2, 0.25) is 0 Å². The number of rotatable bonds is 4. The maximum absolute atomic E-state index is 13.2. The van der Waals surface area contributed by atoms with E-state index in [0.717, 1.165) is 22.5 Å². The number of fused-ring (bicyclic) bond motifs is 1. The van der Waals surface area contributed by atoms with Crippen LogP contribution in [0.4, 0.5) is 5.69 Å². The number of carbonyl (C=O) groups is 1. The summed E-state index contributed by atoms with van der Waals surface area (Å²) < 4.78 is 27.9. The van der Waals surface area contributed by atoms with Gasteiger partial charge in [-0.1, -0.05) is 30.3 Å². The minimum absolute atomic E-state index is 0.0893. The SMILES string of the molecule is O=C(Nc1ccc(O)cc1)[C@@H]1Cc2ccccc2CN1S(=O)(=O)c1cccs1. The molecule has 28 heavy (non-hydrogen) atoms. The molecule has 6 nitrogen and oxygen atoms in total. The zero-order valence-electron chi connectivity index (χ0n) is 14.8. The van der Waals surface area contributed by atoms with Crippen LogP contribution < -0.4 is 5.32 Å². The van der Waals surface area contributed by atoms with Crippen LogP contribution in [0, 0.1) is 0 Å². The molecule has 0 radical (unpaired) electrons. The highest BCUT2D eigenvalue weighted by molar-refractivity contribution is 7.91. The molecule has 0 saturated heterocycles. The number of nitrogens with one attached hydrogen (secondary N) is 1. The third kappa shape index (κ3) is 3.54. The Balaban J connectivity index is 1.69. The first kappa shape index (κ1) is 18.7. The van der Waals surface area contributed by atoms with Crippen LogP contribution >= 0.6 is 11.3 Å². The van der Waals surface area contributed by atoms with E-state index in [1.54, 1.807) is 29.6 Å². The van der Waals surface area contributed by atoms with Crippen molar-refractivity contribution in [1.29, 1.82) is 0 Å². The maximum atomic E-state index is 13.2. The molecule has 2 heterocycles. The molecule has 1 amide bonds. The molecule has 0 bridgehead atoms. The fourth-order valence-electron chi connectivity index (χ4n) is 3.27. The number of benzene rings is 2. The van der Waals surface area contributed by atoms with Gasteiger partial charge in [0.2, 0.25) is 5.91 Å². The second-order valence-electron chi connectivity index (χ2n) is 6.51. The van der Waals surface area contributed by atoms with Gasteiger partial charge < -0.3 is 10.4 Å². The number of phenolic OH excluding ortho intramolecular Hbond substituents is 1. The standard InChI is InChI=1S/C20H18N2O4S2/c23-17-9-7-16(8-10-17)21-20(24)18-12-14-4-1-2-5-15(14)13-22(18)28(25,26)19-6-3-11-27-19/h1-11,18,23H,12-13H2,(H,21,24)/t18-/m0/s1. The van der Waals surface area contributed by atoms with Crippen LogP contribution in [0.5, 0.6) is 5.75 Å². The summed E-state index contributed by atoms with van der Waals surface area (Å²) in [5.74, 6) is -0.313. The number of carbonyl (C=O) groups excluding carboxylic acids is 1. The van der Waals surface area contributed by atoms with Gasteiger partial charge in [-0.05, 0) is 53.3 Å². The average molecular weight is 415 g/mol. The van der Waals surface area contributed by atoms with Crippen molar-refractivity contribution in [3.63, 3.8) is 0 Å². The van der Waals surface area contributed by atoms with Crippen LogP contribution in [-0.4, -0.2) is 29.8 Å². The van der Waals surface area contributed by atoms with Crippen LogP contribution in [0.25, 0.3) is 0 Å². The summed E-state index contributed by atoms with van der Waals surface area (Å²) in [6.07, 6.45) is 0.296. The number of nitrogens with zero attached hydrogens (tertiary/aromatic N) is 1. The normalized spacial score (nSPS) is 17.1. The third-order valence-corrected chi connectivity index (χ3v) is 7.93. The molecular formula is C20H18N2O4S2. The van der Waals surface area contributed by atoms with Gasteiger partial charge in [-0.25, -0.2) is 8.42 Å². The molecule has 8 heteroatoms. The van der Waals surface area contributed by atoms with Crippen molar-refractivity contribution >= 4 is 33.0 Å².